The summed E-state index contributed by atoms with van der Waals surface area (Å²) in [5.41, 5.74) is 0.909. The number of rotatable bonds is 2. The molecule has 2 N–H and O–H groups in total. The van der Waals surface area contributed by atoms with Gasteiger partial charge in [-0.1, -0.05) is 6.07 Å². The maximum atomic E-state index is 12.7. The summed E-state index contributed by atoms with van der Waals surface area (Å²) in [7, 11) is 1.58. The highest BCUT2D eigenvalue weighted by molar-refractivity contribution is 5.81. The van der Waals surface area contributed by atoms with E-state index in [2.05, 4.69) is 10.6 Å². The molecule has 0 bridgehead atoms. The van der Waals surface area contributed by atoms with Crippen LogP contribution in [0.4, 0.5) is 13.2 Å². The van der Waals surface area contributed by atoms with Gasteiger partial charge in [-0.15, -0.1) is 0 Å². The van der Waals surface area contributed by atoms with E-state index < -0.39 is 11.7 Å². The van der Waals surface area contributed by atoms with E-state index >= 15 is 0 Å². The number of carbonyl (C=O) groups excluding carboxylic acids is 1. The van der Waals surface area contributed by atoms with Crippen LogP contribution in [0.25, 0.3) is 0 Å². The standard InChI is InChI=1S/C15H19F3N2O/c1-9-7-11(15(16,17)18)3-4-12(9)10-5-6-20-13(8-10)14(21)19-2/h3-4,7,10,13,20H,5-6,8H2,1-2H3,(H,19,21). The first kappa shape index (κ1) is 15.8. The molecule has 1 amide bonds. The average Bonchev–Trinajstić information content (AvgIpc) is 2.45. The fourth-order valence-corrected chi connectivity index (χ4v) is 2.88. The number of alkyl halides is 3. The van der Waals surface area contributed by atoms with Crippen LogP contribution in [0.5, 0.6) is 0 Å². The van der Waals surface area contributed by atoms with Crippen LogP contribution in [0.15, 0.2) is 18.2 Å². The molecule has 0 aromatic heterocycles. The summed E-state index contributed by atoms with van der Waals surface area (Å²) in [6, 6.07) is 3.58. The minimum atomic E-state index is -4.32. The summed E-state index contributed by atoms with van der Waals surface area (Å²) in [4.78, 5) is 11.7. The fraction of sp³-hybridized carbons (Fsp3) is 0.533. The van der Waals surface area contributed by atoms with Crippen LogP contribution >= 0.6 is 0 Å². The molecular weight excluding hydrogens is 281 g/mol. The molecule has 1 aromatic carbocycles. The number of carbonyl (C=O) groups is 1. The van der Waals surface area contributed by atoms with Crippen molar-refractivity contribution in [1.29, 1.82) is 0 Å². The molecular formula is C15H19F3N2O. The summed E-state index contributed by atoms with van der Waals surface area (Å²) in [5.74, 6) is 0.0279. The minimum absolute atomic E-state index is 0.0794. The quantitative estimate of drug-likeness (QED) is 0.881. The predicted molar refractivity (Wildman–Crippen MR) is 74.0 cm³/mol. The first-order valence-electron chi connectivity index (χ1n) is 6.95. The maximum Gasteiger partial charge on any atom is 0.416 e. The van der Waals surface area contributed by atoms with Crippen molar-refractivity contribution in [1.82, 2.24) is 10.6 Å². The normalized spacial score (nSPS) is 22.9. The van der Waals surface area contributed by atoms with Crippen molar-refractivity contribution >= 4 is 5.91 Å². The molecule has 1 aliphatic rings. The van der Waals surface area contributed by atoms with Gasteiger partial charge in [0.1, 0.15) is 0 Å². The zero-order chi connectivity index (χ0) is 15.6. The lowest BCUT2D eigenvalue weighted by molar-refractivity contribution is -0.137. The van der Waals surface area contributed by atoms with Gasteiger partial charge in [-0.2, -0.15) is 13.2 Å². The molecule has 1 saturated heterocycles. The van der Waals surface area contributed by atoms with Crippen molar-refractivity contribution in [3.05, 3.63) is 34.9 Å². The third-order valence-corrected chi connectivity index (χ3v) is 4.00. The van der Waals surface area contributed by atoms with E-state index in [-0.39, 0.29) is 17.9 Å². The van der Waals surface area contributed by atoms with E-state index in [1.54, 1.807) is 20.0 Å². The second-order valence-electron chi connectivity index (χ2n) is 5.41. The van der Waals surface area contributed by atoms with Gasteiger partial charge < -0.3 is 10.6 Å². The number of benzene rings is 1. The number of nitrogens with one attached hydrogen (secondary N) is 2. The zero-order valence-corrected chi connectivity index (χ0v) is 12.1. The zero-order valence-electron chi connectivity index (χ0n) is 12.1. The molecule has 2 rings (SSSR count). The van der Waals surface area contributed by atoms with Crippen molar-refractivity contribution in [2.75, 3.05) is 13.6 Å². The average molecular weight is 300 g/mol. The molecule has 1 aliphatic heterocycles. The Morgan fingerprint density at radius 3 is 2.67 bits per heavy atom. The van der Waals surface area contributed by atoms with Crippen LogP contribution in [0.3, 0.4) is 0 Å². The summed E-state index contributed by atoms with van der Waals surface area (Å²) in [6.45, 7) is 2.38. The first-order valence-corrected chi connectivity index (χ1v) is 6.95. The molecule has 0 spiro atoms. The van der Waals surface area contributed by atoms with Gasteiger partial charge in [0.2, 0.25) is 5.91 Å². The van der Waals surface area contributed by atoms with Gasteiger partial charge in [-0.05, 0) is 55.5 Å². The predicted octanol–water partition coefficient (Wildman–Crippen LogP) is 2.60. The van der Waals surface area contributed by atoms with Crippen LogP contribution in [-0.2, 0) is 11.0 Å². The summed E-state index contributed by atoms with van der Waals surface area (Å²) in [5, 5.41) is 5.73. The molecule has 116 valence electrons. The monoisotopic (exact) mass is 300 g/mol. The lowest BCUT2D eigenvalue weighted by Gasteiger charge is -2.30. The van der Waals surface area contributed by atoms with Crippen LogP contribution in [0.1, 0.15) is 35.4 Å². The van der Waals surface area contributed by atoms with E-state index in [1.807, 2.05) is 0 Å². The number of halogens is 3. The van der Waals surface area contributed by atoms with Gasteiger partial charge in [-0.25, -0.2) is 0 Å². The third kappa shape index (κ3) is 3.56. The number of aryl methyl sites for hydroxylation is 1. The topological polar surface area (TPSA) is 41.1 Å². The van der Waals surface area contributed by atoms with Gasteiger partial charge >= 0.3 is 6.18 Å². The smallest absolute Gasteiger partial charge is 0.358 e. The summed E-state index contributed by atoms with van der Waals surface area (Å²) < 4.78 is 38.1. The Balaban J connectivity index is 2.20. The van der Waals surface area contributed by atoms with Crippen LogP contribution < -0.4 is 10.6 Å². The molecule has 0 radical (unpaired) electrons. The number of amides is 1. The van der Waals surface area contributed by atoms with E-state index in [9.17, 15) is 18.0 Å². The van der Waals surface area contributed by atoms with Gasteiger partial charge in [0.15, 0.2) is 0 Å². The Hall–Kier alpha value is -1.56. The van der Waals surface area contributed by atoms with Crippen molar-refractivity contribution < 1.29 is 18.0 Å². The second kappa shape index (κ2) is 6.05. The van der Waals surface area contributed by atoms with Gasteiger partial charge in [0.05, 0.1) is 11.6 Å². The van der Waals surface area contributed by atoms with Crippen LogP contribution in [-0.4, -0.2) is 25.5 Å². The van der Waals surface area contributed by atoms with Gasteiger partial charge in [-0.3, -0.25) is 4.79 Å². The number of hydrogen-bond donors (Lipinski definition) is 2. The third-order valence-electron chi connectivity index (χ3n) is 4.00. The lowest BCUT2D eigenvalue weighted by atomic mass is 9.83. The summed E-state index contributed by atoms with van der Waals surface area (Å²) >= 11 is 0. The maximum absolute atomic E-state index is 12.7. The summed E-state index contributed by atoms with van der Waals surface area (Å²) in [6.07, 6.45) is -2.90. The molecule has 0 aliphatic carbocycles. The minimum Gasteiger partial charge on any atom is -0.358 e. The van der Waals surface area contributed by atoms with E-state index in [0.717, 1.165) is 18.1 Å². The van der Waals surface area contributed by atoms with E-state index in [1.165, 1.54) is 6.07 Å². The van der Waals surface area contributed by atoms with Crippen molar-refractivity contribution in [3.8, 4) is 0 Å². The Morgan fingerprint density at radius 1 is 1.38 bits per heavy atom. The molecule has 2 atom stereocenters. The van der Waals surface area contributed by atoms with E-state index in [0.29, 0.717) is 18.5 Å². The van der Waals surface area contributed by atoms with Crippen LogP contribution in [0.2, 0.25) is 0 Å². The van der Waals surface area contributed by atoms with Crippen molar-refractivity contribution in [2.45, 2.75) is 37.9 Å². The molecule has 21 heavy (non-hydrogen) atoms. The number of hydrogen-bond acceptors (Lipinski definition) is 2. The highest BCUT2D eigenvalue weighted by atomic mass is 19.4. The van der Waals surface area contributed by atoms with Crippen molar-refractivity contribution in [2.24, 2.45) is 0 Å². The first-order chi connectivity index (χ1) is 9.82. The molecule has 6 heteroatoms. The largest absolute Gasteiger partial charge is 0.416 e. The highest BCUT2D eigenvalue weighted by Crippen LogP contribution is 2.35. The van der Waals surface area contributed by atoms with E-state index in [4.69, 9.17) is 0 Å². The SMILES string of the molecule is CNC(=O)C1CC(c2ccc(C(F)(F)F)cc2C)CCN1. The molecule has 1 fully saturated rings. The van der Waals surface area contributed by atoms with Crippen molar-refractivity contribution in [3.63, 3.8) is 0 Å². The molecule has 1 heterocycles. The van der Waals surface area contributed by atoms with Gasteiger partial charge in [0.25, 0.3) is 0 Å². The number of likely N-dealkylation sites (N-methyl/N-ethyl adjacent to an activating group) is 1. The van der Waals surface area contributed by atoms with Crippen LogP contribution in [0, 0.1) is 6.92 Å². The number of piperidine rings is 1. The molecule has 2 unspecified atom stereocenters. The molecule has 3 nitrogen and oxygen atoms in total. The Bertz CT molecular complexity index is 528. The Kier molecular flexibility index (Phi) is 4.56. The Morgan fingerprint density at radius 2 is 2.10 bits per heavy atom. The second-order valence-corrected chi connectivity index (χ2v) is 5.41. The molecule has 1 aromatic rings. The Labute approximate surface area is 121 Å². The lowest BCUT2D eigenvalue weighted by Crippen LogP contribution is -2.47. The van der Waals surface area contributed by atoms with Gasteiger partial charge in [0, 0.05) is 7.05 Å². The fourth-order valence-electron chi connectivity index (χ4n) is 2.88. The molecule has 0 saturated carbocycles. The highest BCUT2D eigenvalue weighted by Gasteiger charge is 2.32.